The first-order valence-corrected chi connectivity index (χ1v) is 9.95. The molecule has 0 atom stereocenters. The average molecular weight is 427 g/mol. The van der Waals surface area contributed by atoms with Crippen molar-refractivity contribution in [3.63, 3.8) is 0 Å². The van der Waals surface area contributed by atoms with Crippen molar-refractivity contribution in [2.45, 2.75) is 18.3 Å². The first kappa shape index (κ1) is 20.3. The van der Waals surface area contributed by atoms with Gasteiger partial charge in [0.25, 0.3) is 0 Å². The van der Waals surface area contributed by atoms with Crippen LogP contribution in [0.5, 0.6) is 0 Å². The molecule has 7 heteroatoms. The van der Waals surface area contributed by atoms with E-state index in [4.69, 9.17) is 34.8 Å². The number of nitrogens with one attached hydrogen (secondary N) is 2. The van der Waals surface area contributed by atoms with Crippen molar-refractivity contribution >= 4 is 46.5 Å². The first-order valence-electron chi connectivity index (χ1n) is 8.82. The molecule has 3 rings (SSSR count). The Bertz CT molecular complexity index is 800. The molecule has 1 saturated heterocycles. The minimum absolute atomic E-state index is 0.138. The third-order valence-electron chi connectivity index (χ3n) is 5.09. The largest absolute Gasteiger partial charge is 0.337 e. The topological polar surface area (TPSA) is 44.4 Å². The molecule has 1 aliphatic heterocycles. The molecule has 0 unspecified atom stereocenters. The lowest BCUT2D eigenvalue weighted by atomic mass is 9.72. The summed E-state index contributed by atoms with van der Waals surface area (Å²) in [6, 6.07) is 12.6. The highest BCUT2D eigenvalue weighted by Gasteiger charge is 2.36. The Labute approximate surface area is 174 Å². The number of rotatable bonds is 4. The summed E-state index contributed by atoms with van der Waals surface area (Å²) in [5.74, 6) is 0. The second-order valence-electron chi connectivity index (χ2n) is 7.06. The quantitative estimate of drug-likeness (QED) is 0.684. The molecule has 0 aromatic heterocycles. The Morgan fingerprint density at radius 1 is 1.04 bits per heavy atom. The van der Waals surface area contributed by atoms with E-state index in [1.54, 1.807) is 18.2 Å². The van der Waals surface area contributed by atoms with E-state index in [-0.39, 0.29) is 11.4 Å². The molecule has 1 aliphatic rings. The predicted octanol–water partition coefficient (Wildman–Crippen LogP) is 5.43. The number of halogens is 3. The van der Waals surface area contributed by atoms with Gasteiger partial charge in [-0.1, -0.05) is 46.9 Å². The van der Waals surface area contributed by atoms with E-state index in [0.717, 1.165) is 31.5 Å². The van der Waals surface area contributed by atoms with Gasteiger partial charge in [-0.3, -0.25) is 0 Å². The highest BCUT2D eigenvalue weighted by Crippen LogP contribution is 2.36. The van der Waals surface area contributed by atoms with Gasteiger partial charge in [0, 0.05) is 32.7 Å². The molecule has 144 valence electrons. The van der Waals surface area contributed by atoms with E-state index in [1.807, 2.05) is 18.2 Å². The van der Waals surface area contributed by atoms with Crippen molar-refractivity contribution in [1.29, 1.82) is 0 Å². The lowest BCUT2D eigenvalue weighted by molar-refractivity contribution is 0.183. The molecule has 27 heavy (non-hydrogen) atoms. The number of urea groups is 1. The average Bonchev–Trinajstić information content (AvgIpc) is 2.61. The smallest absolute Gasteiger partial charge is 0.319 e. The second kappa shape index (κ2) is 8.70. The van der Waals surface area contributed by atoms with E-state index in [1.165, 1.54) is 0 Å². The molecule has 2 amide bonds. The fraction of sp³-hybridized carbons (Fsp3) is 0.350. The summed E-state index contributed by atoms with van der Waals surface area (Å²) in [4.78, 5) is 14.7. The van der Waals surface area contributed by atoms with Gasteiger partial charge in [-0.05, 0) is 68.9 Å². The number of nitrogens with zero attached hydrogens (tertiary/aromatic N) is 1. The van der Waals surface area contributed by atoms with Crippen LogP contribution in [-0.2, 0) is 5.41 Å². The van der Waals surface area contributed by atoms with Crippen LogP contribution in [0.15, 0.2) is 42.5 Å². The lowest BCUT2D eigenvalue weighted by Crippen LogP contribution is -2.48. The van der Waals surface area contributed by atoms with Crippen LogP contribution in [0.1, 0.15) is 18.4 Å². The summed E-state index contributed by atoms with van der Waals surface area (Å²) < 4.78 is 0. The summed E-state index contributed by atoms with van der Waals surface area (Å²) in [5, 5.41) is 7.47. The van der Waals surface area contributed by atoms with E-state index < -0.39 is 0 Å². The molecule has 0 aliphatic carbocycles. The Kier molecular flexibility index (Phi) is 6.53. The van der Waals surface area contributed by atoms with Gasteiger partial charge < -0.3 is 15.5 Å². The molecule has 0 bridgehead atoms. The zero-order valence-corrected chi connectivity index (χ0v) is 17.3. The summed E-state index contributed by atoms with van der Waals surface area (Å²) in [5.41, 5.74) is 1.58. The first-order chi connectivity index (χ1) is 12.9. The van der Waals surface area contributed by atoms with Crippen LogP contribution in [0, 0.1) is 0 Å². The normalized spacial score (nSPS) is 16.7. The summed E-state index contributed by atoms with van der Waals surface area (Å²) in [6.07, 6.45) is 1.90. The van der Waals surface area contributed by atoms with Gasteiger partial charge in [-0.25, -0.2) is 4.79 Å². The number of amides is 2. The number of likely N-dealkylation sites (tertiary alicyclic amines) is 1. The predicted molar refractivity (Wildman–Crippen MR) is 113 cm³/mol. The van der Waals surface area contributed by atoms with Gasteiger partial charge in [-0.15, -0.1) is 0 Å². The van der Waals surface area contributed by atoms with Crippen LogP contribution in [0.3, 0.4) is 0 Å². The highest BCUT2D eigenvalue weighted by atomic mass is 35.5. The Morgan fingerprint density at radius 2 is 1.70 bits per heavy atom. The van der Waals surface area contributed by atoms with Gasteiger partial charge >= 0.3 is 6.03 Å². The zero-order chi connectivity index (χ0) is 19.4. The number of carbonyl (C=O) groups excluding carboxylic acids is 1. The summed E-state index contributed by atoms with van der Waals surface area (Å²) in [7, 11) is 2.12. The van der Waals surface area contributed by atoms with Crippen molar-refractivity contribution in [3.8, 4) is 0 Å². The maximum absolute atomic E-state index is 12.4. The van der Waals surface area contributed by atoms with Gasteiger partial charge in [0.15, 0.2) is 0 Å². The van der Waals surface area contributed by atoms with Crippen molar-refractivity contribution in [2.24, 2.45) is 0 Å². The maximum atomic E-state index is 12.4. The van der Waals surface area contributed by atoms with Crippen LogP contribution in [0.2, 0.25) is 15.1 Å². The van der Waals surface area contributed by atoms with Crippen molar-refractivity contribution in [1.82, 2.24) is 10.2 Å². The molecule has 1 fully saturated rings. The minimum Gasteiger partial charge on any atom is -0.337 e. The zero-order valence-electron chi connectivity index (χ0n) is 15.1. The molecule has 2 aromatic rings. The molecule has 2 aromatic carbocycles. The van der Waals surface area contributed by atoms with E-state index in [2.05, 4.69) is 28.6 Å². The van der Waals surface area contributed by atoms with Crippen LogP contribution >= 0.6 is 34.8 Å². The van der Waals surface area contributed by atoms with Gasteiger partial charge in [0.2, 0.25) is 0 Å². The molecular formula is C20H22Cl3N3O. The Balaban J connectivity index is 1.72. The number of anilines is 1. The van der Waals surface area contributed by atoms with Gasteiger partial charge in [-0.2, -0.15) is 0 Å². The van der Waals surface area contributed by atoms with Crippen LogP contribution in [-0.4, -0.2) is 37.6 Å². The fourth-order valence-electron chi connectivity index (χ4n) is 3.48. The van der Waals surface area contributed by atoms with Crippen molar-refractivity contribution in [3.05, 3.63) is 63.1 Å². The third kappa shape index (κ3) is 5.29. The van der Waals surface area contributed by atoms with E-state index >= 15 is 0 Å². The minimum atomic E-state index is -0.284. The van der Waals surface area contributed by atoms with Gasteiger partial charge in [0.05, 0.1) is 0 Å². The number of benzene rings is 2. The number of piperidine rings is 1. The second-order valence-corrected chi connectivity index (χ2v) is 8.37. The number of carbonyl (C=O) groups is 1. The van der Waals surface area contributed by atoms with Gasteiger partial charge in [0.1, 0.15) is 0 Å². The molecule has 0 radical (unpaired) electrons. The van der Waals surface area contributed by atoms with Crippen LogP contribution < -0.4 is 10.6 Å². The monoisotopic (exact) mass is 425 g/mol. The third-order valence-corrected chi connectivity index (χ3v) is 5.76. The van der Waals surface area contributed by atoms with Crippen LogP contribution in [0.4, 0.5) is 10.5 Å². The molecule has 4 nitrogen and oxygen atoms in total. The lowest BCUT2D eigenvalue weighted by Gasteiger charge is -2.41. The molecule has 2 N–H and O–H groups in total. The Hall–Kier alpha value is -1.46. The van der Waals surface area contributed by atoms with Crippen LogP contribution in [0.25, 0.3) is 0 Å². The maximum Gasteiger partial charge on any atom is 0.319 e. The Morgan fingerprint density at radius 3 is 2.33 bits per heavy atom. The number of hydrogen-bond donors (Lipinski definition) is 2. The standard InChI is InChI=1S/C20H22Cl3N3O/c1-26-7-5-20(6-8-26,14-3-2-4-15(21)9-14)13-24-19(27)25-18-11-16(22)10-17(23)12-18/h2-4,9-12H,5-8,13H2,1H3,(H2,24,25,27). The fourth-order valence-corrected chi connectivity index (χ4v) is 4.20. The molecule has 0 spiro atoms. The molecule has 1 heterocycles. The van der Waals surface area contributed by atoms with Crippen molar-refractivity contribution in [2.75, 3.05) is 32.0 Å². The molecule has 0 saturated carbocycles. The van der Waals surface area contributed by atoms with Crippen molar-refractivity contribution < 1.29 is 4.79 Å². The van der Waals surface area contributed by atoms with E-state index in [0.29, 0.717) is 27.3 Å². The summed E-state index contributed by atoms with van der Waals surface area (Å²) in [6.45, 7) is 2.47. The van der Waals surface area contributed by atoms with E-state index in [9.17, 15) is 4.79 Å². The SMILES string of the molecule is CN1CCC(CNC(=O)Nc2cc(Cl)cc(Cl)c2)(c2cccc(Cl)c2)CC1. The number of hydrogen-bond acceptors (Lipinski definition) is 2. The highest BCUT2D eigenvalue weighted by molar-refractivity contribution is 6.35. The summed E-state index contributed by atoms with van der Waals surface area (Å²) >= 11 is 18.2. The molecular weight excluding hydrogens is 405 g/mol.